The lowest BCUT2D eigenvalue weighted by molar-refractivity contribution is 0.698. The van der Waals surface area contributed by atoms with E-state index in [0.717, 1.165) is 19.5 Å². The first-order valence-electron chi connectivity index (χ1n) is 5.41. The highest BCUT2D eigenvalue weighted by Crippen LogP contribution is 2.11. The highest BCUT2D eigenvalue weighted by Gasteiger charge is 1.98. The molecule has 1 N–H and O–H groups in total. The Morgan fingerprint density at radius 3 is 2.80 bits per heavy atom. The van der Waals surface area contributed by atoms with Gasteiger partial charge in [-0.3, -0.25) is 0 Å². The molecule has 0 aliphatic heterocycles. The van der Waals surface area contributed by atoms with Crippen molar-refractivity contribution in [3.05, 3.63) is 34.9 Å². The number of hydrogen-bond donors (Lipinski definition) is 1. The predicted molar refractivity (Wildman–Crippen MR) is 65.7 cm³/mol. The van der Waals surface area contributed by atoms with Gasteiger partial charge in [-0.15, -0.1) is 11.8 Å². The second kappa shape index (κ2) is 6.27. The van der Waals surface area contributed by atoms with Gasteiger partial charge in [0, 0.05) is 19.5 Å². The van der Waals surface area contributed by atoms with Crippen LogP contribution in [0.2, 0.25) is 0 Å². The third-order valence-corrected chi connectivity index (χ3v) is 2.64. The summed E-state index contributed by atoms with van der Waals surface area (Å²) in [5.41, 5.74) is 4.15. The van der Waals surface area contributed by atoms with Crippen molar-refractivity contribution in [2.75, 3.05) is 6.54 Å². The average molecular weight is 201 g/mol. The number of hydrogen-bond acceptors (Lipinski definition) is 1. The van der Waals surface area contributed by atoms with Crippen molar-refractivity contribution in [1.82, 2.24) is 5.32 Å². The summed E-state index contributed by atoms with van der Waals surface area (Å²) >= 11 is 0. The molecule has 0 amide bonds. The quantitative estimate of drug-likeness (QED) is 0.583. The molecule has 0 heterocycles. The smallest absolute Gasteiger partial charge is 0.0214 e. The van der Waals surface area contributed by atoms with Crippen molar-refractivity contribution in [2.24, 2.45) is 0 Å². The van der Waals surface area contributed by atoms with Gasteiger partial charge >= 0.3 is 0 Å². The molecule has 15 heavy (non-hydrogen) atoms. The molecule has 0 spiro atoms. The monoisotopic (exact) mass is 201 g/mol. The summed E-state index contributed by atoms with van der Waals surface area (Å²) in [6.07, 6.45) is 0.932. The highest BCUT2D eigenvalue weighted by molar-refractivity contribution is 5.32. The molecular weight excluding hydrogens is 182 g/mol. The molecule has 0 radical (unpaired) electrons. The Hall–Kier alpha value is -1.26. The minimum atomic E-state index is 0.932. The van der Waals surface area contributed by atoms with Crippen LogP contribution in [0.4, 0.5) is 0 Å². The third-order valence-electron chi connectivity index (χ3n) is 2.64. The van der Waals surface area contributed by atoms with Gasteiger partial charge in [0.05, 0.1) is 0 Å². The van der Waals surface area contributed by atoms with E-state index in [4.69, 9.17) is 0 Å². The molecule has 0 aliphatic carbocycles. The van der Waals surface area contributed by atoms with E-state index in [1.165, 1.54) is 16.7 Å². The van der Waals surface area contributed by atoms with E-state index in [2.05, 4.69) is 49.2 Å². The fourth-order valence-corrected chi connectivity index (χ4v) is 1.50. The molecule has 1 heteroatoms. The normalized spacial score (nSPS) is 9.53. The van der Waals surface area contributed by atoms with Crippen LogP contribution in [0, 0.1) is 25.7 Å². The van der Waals surface area contributed by atoms with Gasteiger partial charge in [-0.05, 0) is 37.5 Å². The van der Waals surface area contributed by atoms with Crippen LogP contribution >= 0.6 is 0 Å². The van der Waals surface area contributed by atoms with Crippen molar-refractivity contribution in [3.63, 3.8) is 0 Å². The Balaban J connectivity index is 2.43. The largest absolute Gasteiger partial charge is 0.312 e. The molecule has 80 valence electrons. The van der Waals surface area contributed by atoms with Crippen molar-refractivity contribution in [1.29, 1.82) is 0 Å². The van der Waals surface area contributed by atoms with Crippen LogP contribution < -0.4 is 5.32 Å². The SMILES string of the molecule is CC#CCCNCc1cccc(C)c1C. The first kappa shape index (κ1) is 11.8. The maximum Gasteiger partial charge on any atom is 0.0214 e. The van der Waals surface area contributed by atoms with Crippen LogP contribution in [-0.2, 0) is 6.54 Å². The van der Waals surface area contributed by atoms with E-state index in [0.29, 0.717) is 0 Å². The summed E-state index contributed by atoms with van der Waals surface area (Å²) in [5, 5.41) is 3.40. The molecule has 0 fully saturated rings. The Morgan fingerprint density at radius 2 is 2.07 bits per heavy atom. The van der Waals surface area contributed by atoms with Gasteiger partial charge in [0.1, 0.15) is 0 Å². The van der Waals surface area contributed by atoms with Gasteiger partial charge in [-0.2, -0.15) is 0 Å². The van der Waals surface area contributed by atoms with E-state index in [-0.39, 0.29) is 0 Å². The van der Waals surface area contributed by atoms with Gasteiger partial charge < -0.3 is 5.32 Å². The minimum Gasteiger partial charge on any atom is -0.312 e. The standard InChI is InChI=1S/C14H19N/c1-4-5-6-10-15-11-14-9-7-8-12(2)13(14)3/h7-9,15H,6,10-11H2,1-3H3. The summed E-state index contributed by atoms with van der Waals surface area (Å²) in [7, 11) is 0. The van der Waals surface area contributed by atoms with E-state index >= 15 is 0 Å². The van der Waals surface area contributed by atoms with Crippen LogP contribution in [0.3, 0.4) is 0 Å². The molecule has 0 atom stereocenters. The zero-order chi connectivity index (χ0) is 11.1. The lowest BCUT2D eigenvalue weighted by atomic mass is 10.0. The fourth-order valence-electron chi connectivity index (χ4n) is 1.50. The molecule has 1 aromatic carbocycles. The fraction of sp³-hybridized carbons (Fsp3) is 0.429. The van der Waals surface area contributed by atoms with E-state index in [1.54, 1.807) is 0 Å². The number of rotatable bonds is 4. The van der Waals surface area contributed by atoms with Gasteiger partial charge in [0.25, 0.3) is 0 Å². The van der Waals surface area contributed by atoms with Crippen LogP contribution in [0.1, 0.15) is 30.0 Å². The molecular formula is C14H19N. The van der Waals surface area contributed by atoms with Crippen LogP contribution in [0.15, 0.2) is 18.2 Å². The molecule has 0 saturated carbocycles. The second-order valence-corrected chi connectivity index (χ2v) is 3.71. The lowest BCUT2D eigenvalue weighted by Gasteiger charge is -2.08. The zero-order valence-electron chi connectivity index (χ0n) is 9.85. The Kier molecular flexibility index (Phi) is 4.93. The molecule has 1 nitrogen and oxygen atoms in total. The molecule has 1 rings (SSSR count). The van der Waals surface area contributed by atoms with Gasteiger partial charge in [-0.1, -0.05) is 18.2 Å². The number of nitrogens with one attached hydrogen (secondary N) is 1. The maximum atomic E-state index is 3.40. The van der Waals surface area contributed by atoms with Gasteiger partial charge in [-0.25, -0.2) is 0 Å². The summed E-state index contributed by atoms with van der Waals surface area (Å²) in [6.45, 7) is 8.12. The second-order valence-electron chi connectivity index (χ2n) is 3.71. The van der Waals surface area contributed by atoms with Crippen LogP contribution in [0.5, 0.6) is 0 Å². The van der Waals surface area contributed by atoms with E-state index in [1.807, 2.05) is 6.92 Å². The van der Waals surface area contributed by atoms with Gasteiger partial charge in [0.2, 0.25) is 0 Å². The summed E-state index contributed by atoms with van der Waals surface area (Å²) < 4.78 is 0. The van der Waals surface area contributed by atoms with Crippen molar-refractivity contribution < 1.29 is 0 Å². The first-order chi connectivity index (χ1) is 7.25. The maximum absolute atomic E-state index is 3.40. The van der Waals surface area contributed by atoms with E-state index < -0.39 is 0 Å². The number of aryl methyl sites for hydroxylation is 1. The van der Waals surface area contributed by atoms with Crippen molar-refractivity contribution >= 4 is 0 Å². The Bertz CT molecular complexity index is 369. The predicted octanol–water partition coefficient (Wildman–Crippen LogP) is 2.81. The topological polar surface area (TPSA) is 12.0 Å². The summed E-state index contributed by atoms with van der Waals surface area (Å²) in [4.78, 5) is 0. The third kappa shape index (κ3) is 3.77. The molecule has 0 saturated heterocycles. The molecule has 0 aliphatic rings. The lowest BCUT2D eigenvalue weighted by Crippen LogP contribution is -2.15. The van der Waals surface area contributed by atoms with Crippen molar-refractivity contribution in [2.45, 2.75) is 33.7 Å². The average Bonchev–Trinajstić information content (AvgIpc) is 2.24. The van der Waals surface area contributed by atoms with Crippen LogP contribution in [0.25, 0.3) is 0 Å². The van der Waals surface area contributed by atoms with Gasteiger partial charge in [0.15, 0.2) is 0 Å². The number of benzene rings is 1. The zero-order valence-corrected chi connectivity index (χ0v) is 9.85. The molecule has 0 unspecified atom stereocenters. The Labute approximate surface area is 92.9 Å². The molecule has 0 aromatic heterocycles. The Morgan fingerprint density at radius 1 is 1.27 bits per heavy atom. The van der Waals surface area contributed by atoms with Crippen molar-refractivity contribution in [3.8, 4) is 11.8 Å². The minimum absolute atomic E-state index is 0.932. The first-order valence-corrected chi connectivity index (χ1v) is 5.41. The highest BCUT2D eigenvalue weighted by atomic mass is 14.8. The van der Waals surface area contributed by atoms with Crippen LogP contribution in [-0.4, -0.2) is 6.54 Å². The summed E-state index contributed by atoms with van der Waals surface area (Å²) in [5.74, 6) is 5.94. The molecule has 1 aromatic rings. The molecule has 0 bridgehead atoms. The summed E-state index contributed by atoms with van der Waals surface area (Å²) in [6, 6.07) is 6.45. The van der Waals surface area contributed by atoms with E-state index in [9.17, 15) is 0 Å².